The quantitative estimate of drug-likeness (QED) is 0.541. The molecular formula is C13H17NO7. The standard InChI is InChI=1S/C13H17NO7/c1-18-11(19-2)7-14-6-8(12(16)20-3)10(15)5-9(14)13(17)21-4/h5-6,11H,7H2,1-4H3. The summed E-state index contributed by atoms with van der Waals surface area (Å²) in [4.78, 5) is 35.1. The molecule has 8 heteroatoms. The molecule has 1 aromatic heterocycles. The van der Waals surface area contributed by atoms with Crippen LogP contribution >= 0.6 is 0 Å². The summed E-state index contributed by atoms with van der Waals surface area (Å²) < 4.78 is 20.6. The minimum Gasteiger partial charge on any atom is -0.465 e. The van der Waals surface area contributed by atoms with E-state index in [0.717, 1.165) is 13.2 Å². The molecule has 0 bridgehead atoms. The predicted octanol–water partition coefficient (Wildman–Crippen LogP) is 0.0404. The van der Waals surface area contributed by atoms with Gasteiger partial charge in [-0.1, -0.05) is 0 Å². The first-order valence-corrected chi connectivity index (χ1v) is 5.95. The van der Waals surface area contributed by atoms with Gasteiger partial charge in [0.05, 0.1) is 20.8 Å². The molecule has 0 aliphatic heterocycles. The SMILES string of the molecule is COC(=O)c1cn(CC(OC)OC)c(C(=O)OC)cc1=O. The summed E-state index contributed by atoms with van der Waals surface area (Å²) >= 11 is 0. The van der Waals surface area contributed by atoms with Crippen LogP contribution in [0.25, 0.3) is 0 Å². The number of ether oxygens (including phenoxy) is 4. The maximum atomic E-state index is 11.9. The van der Waals surface area contributed by atoms with Gasteiger partial charge in [0.25, 0.3) is 0 Å². The van der Waals surface area contributed by atoms with Crippen molar-refractivity contribution in [2.45, 2.75) is 12.8 Å². The number of pyridine rings is 1. The van der Waals surface area contributed by atoms with Gasteiger partial charge in [-0.15, -0.1) is 0 Å². The van der Waals surface area contributed by atoms with E-state index >= 15 is 0 Å². The lowest BCUT2D eigenvalue weighted by atomic mass is 10.2. The van der Waals surface area contributed by atoms with Gasteiger partial charge < -0.3 is 23.5 Å². The number of carbonyl (C=O) groups excluding carboxylic acids is 2. The molecule has 0 aliphatic rings. The smallest absolute Gasteiger partial charge is 0.354 e. The lowest BCUT2D eigenvalue weighted by Gasteiger charge is -2.18. The van der Waals surface area contributed by atoms with Crippen LogP contribution in [0.2, 0.25) is 0 Å². The maximum absolute atomic E-state index is 11.9. The zero-order chi connectivity index (χ0) is 16.0. The summed E-state index contributed by atoms with van der Waals surface area (Å²) in [6.45, 7) is 0.0850. The number of rotatable bonds is 6. The van der Waals surface area contributed by atoms with Crippen molar-refractivity contribution in [1.29, 1.82) is 0 Å². The number of aromatic nitrogens is 1. The molecule has 1 rings (SSSR count). The van der Waals surface area contributed by atoms with Gasteiger partial charge in [0.2, 0.25) is 0 Å². The predicted molar refractivity (Wildman–Crippen MR) is 71.2 cm³/mol. The first-order chi connectivity index (χ1) is 9.98. The van der Waals surface area contributed by atoms with Gasteiger partial charge >= 0.3 is 11.9 Å². The minimum atomic E-state index is -0.795. The highest BCUT2D eigenvalue weighted by Crippen LogP contribution is 2.07. The highest BCUT2D eigenvalue weighted by Gasteiger charge is 2.20. The summed E-state index contributed by atoms with van der Waals surface area (Å²) in [6, 6.07) is 1.01. The second-order valence-corrected chi connectivity index (χ2v) is 3.97. The third-order valence-corrected chi connectivity index (χ3v) is 2.80. The number of nitrogens with zero attached hydrogens (tertiary/aromatic N) is 1. The normalized spacial score (nSPS) is 10.5. The van der Waals surface area contributed by atoms with Crippen molar-refractivity contribution >= 4 is 11.9 Å². The van der Waals surface area contributed by atoms with E-state index in [1.54, 1.807) is 0 Å². The van der Waals surface area contributed by atoms with E-state index in [1.807, 2.05) is 0 Å². The van der Waals surface area contributed by atoms with Crippen molar-refractivity contribution < 1.29 is 28.5 Å². The van der Waals surface area contributed by atoms with Crippen molar-refractivity contribution in [3.63, 3.8) is 0 Å². The Labute approximate surface area is 121 Å². The van der Waals surface area contributed by atoms with Crippen molar-refractivity contribution in [2.24, 2.45) is 0 Å². The second-order valence-electron chi connectivity index (χ2n) is 3.97. The van der Waals surface area contributed by atoms with Crippen LogP contribution in [0.4, 0.5) is 0 Å². The van der Waals surface area contributed by atoms with E-state index < -0.39 is 23.7 Å². The first-order valence-electron chi connectivity index (χ1n) is 5.95. The molecule has 21 heavy (non-hydrogen) atoms. The number of carbonyl (C=O) groups is 2. The molecule has 0 spiro atoms. The van der Waals surface area contributed by atoms with E-state index in [-0.39, 0.29) is 17.8 Å². The second kappa shape index (κ2) is 7.55. The monoisotopic (exact) mass is 299 g/mol. The summed E-state index contributed by atoms with van der Waals surface area (Å²) in [6.07, 6.45) is 0.548. The van der Waals surface area contributed by atoms with E-state index in [2.05, 4.69) is 9.47 Å². The van der Waals surface area contributed by atoms with E-state index in [4.69, 9.17) is 9.47 Å². The van der Waals surface area contributed by atoms with Gasteiger partial charge in [0, 0.05) is 26.5 Å². The third-order valence-electron chi connectivity index (χ3n) is 2.80. The van der Waals surface area contributed by atoms with Crippen LogP contribution in [-0.2, 0) is 25.5 Å². The Bertz CT molecular complexity index is 574. The summed E-state index contributed by atoms with van der Waals surface area (Å²) in [5.41, 5.74) is -0.852. The highest BCUT2D eigenvalue weighted by atomic mass is 16.7. The topological polar surface area (TPSA) is 93.1 Å². The Balaban J connectivity index is 3.37. The lowest BCUT2D eigenvalue weighted by molar-refractivity contribution is -0.111. The van der Waals surface area contributed by atoms with Crippen LogP contribution in [0.3, 0.4) is 0 Å². The molecule has 116 valence electrons. The Morgan fingerprint density at radius 2 is 1.67 bits per heavy atom. The van der Waals surface area contributed by atoms with Crippen molar-refractivity contribution in [2.75, 3.05) is 28.4 Å². The molecule has 0 radical (unpaired) electrons. The number of methoxy groups -OCH3 is 4. The molecular weight excluding hydrogens is 282 g/mol. The van der Waals surface area contributed by atoms with Crippen molar-refractivity contribution in [3.8, 4) is 0 Å². The summed E-state index contributed by atoms with van der Waals surface area (Å²) in [5.74, 6) is -1.51. The molecule has 8 nitrogen and oxygen atoms in total. The van der Waals surface area contributed by atoms with E-state index in [1.165, 1.54) is 32.1 Å². The fourth-order valence-electron chi connectivity index (χ4n) is 1.67. The van der Waals surface area contributed by atoms with Crippen LogP contribution < -0.4 is 5.43 Å². The Morgan fingerprint density at radius 1 is 1.10 bits per heavy atom. The number of hydrogen-bond acceptors (Lipinski definition) is 7. The first kappa shape index (κ1) is 16.9. The molecule has 1 aromatic rings. The Hall–Kier alpha value is -2.19. The molecule has 0 saturated heterocycles. The fraction of sp³-hybridized carbons (Fsp3) is 0.462. The lowest BCUT2D eigenvalue weighted by Crippen LogP contribution is -2.28. The van der Waals surface area contributed by atoms with E-state index in [9.17, 15) is 14.4 Å². The number of esters is 2. The maximum Gasteiger partial charge on any atom is 0.354 e. The van der Waals surface area contributed by atoms with Crippen LogP contribution in [0.5, 0.6) is 0 Å². The van der Waals surface area contributed by atoms with Gasteiger partial charge in [0.15, 0.2) is 11.7 Å². The fourth-order valence-corrected chi connectivity index (χ4v) is 1.67. The Kier molecular flexibility index (Phi) is 6.07. The van der Waals surface area contributed by atoms with Crippen molar-refractivity contribution in [3.05, 3.63) is 33.7 Å². The van der Waals surface area contributed by atoms with Gasteiger partial charge in [-0.25, -0.2) is 9.59 Å². The average Bonchev–Trinajstić information content (AvgIpc) is 2.51. The summed E-state index contributed by atoms with van der Waals surface area (Å²) in [7, 11) is 5.20. The Morgan fingerprint density at radius 3 is 2.14 bits per heavy atom. The van der Waals surface area contributed by atoms with Crippen LogP contribution in [0.1, 0.15) is 20.8 Å². The molecule has 1 heterocycles. The van der Waals surface area contributed by atoms with Gasteiger partial charge in [-0.2, -0.15) is 0 Å². The van der Waals surface area contributed by atoms with E-state index in [0.29, 0.717) is 0 Å². The molecule has 0 fully saturated rings. The molecule has 0 saturated carbocycles. The molecule has 0 aliphatic carbocycles. The molecule has 0 unspecified atom stereocenters. The molecule has 0 aromatic carbocycles. The summed E-state index contributed by atoms with van der Waals surface area (Å²) in [5, 5.41) is 0. The van der Waals surface area contributed by atoms with Crippen LogP contribution in [-0.4, -0.2) is 51.2 Å². The minimum absolute atomic E-state index is 0.0192. The molecule has 0 atom stereocenters. The zero-order valence-electron chi connectivity index (χ0n) is 12.2. The highest BCUT2D eigenvalue weighted by molar-refractivity contribution is 5.91. The van der Waals surface area contributed by atoms with Crippen molar-refractivity contribution in [1.82, 2.24) is 4.57 Å². The van der Waals surface area contributed by atoms with Gasteiger partial charge in [0.1, 0.15) is 11.3 Å². The average molecular weight is 299 g/mol. The molecule has 0 amide bonds. The van der Waals surface area contributed by atoms with Gasteiger partial charge in [-0.05, 0) is 0 Å². The largest absolute Gasteiger partial charge is 0.465 e. The number of hydrogen-bond donors (Lipinski definition) is 0. The van der Waals surface area contributed by atoms with Crippen LogP contribution in [0.15, 0.2) is 17.1 Å². The van der Waals surface area contributed by atoms with Crippen LogP contribution in [0, 0.1) is 0 Å². The van der Waals surface area contributed by atoms with Gasteiger partial charge in [-0.3, -0.25) is 4.79 Å². The zero-order valence-corrected chi connectivity index (χ0v) is 12.2. The molecule has 0 N–H and O–H groups in total. The third kappa shape index (κ3) is 3.89.